The van der Waals surface area contributed by atoms with Gasteiger partial charge in [-0.15, -0.1) is 0 Å². The van der Waals surface area contributed by atoms with Gasteiger partial charge in [-0.2, -0.15) is 0 Å². The van der Waals surface area contributed by atoms with Crippen LogP contribution in [0.4, 0.5) is 4.39 Å². The van der Waals surface area contributed by atoms with E-state index < -0.39 is 6.10 Å². The number of benzene rings is 1. The number of halogens is 2. The van der Waals surface area contributed by atoms with Gasteiger partial charge in [-0.25, -0.2) is 4.39 Å². The molecule has 1 heterocycles. The second kappa shape index (κ2) is 7.56. The normalized spacial score (nSPS) is 16.0. The third-order valence-electron chi connectivity index (χ3n) is 3.21. The predicted octanol–water partition coefficient (Wildman–Crippen LogP) is 2.39. The Morgan fingerprint density at radius 1 is 1.57 bits per heavy atom. The second-order valence-electron chi connectivity index (χ2n) is 4.87. The Balaban J connectivity index is 1.85. The van der Waals surface area contributed by atoms with E-state index in [0.717, 1.165) is 19.5 Å². The molecule has 2 rings (SSSR count). The number of rotatable bonds is 5. The zero-order chi connectivity index (χ0) is 15.2. The highest BCUT2D eigenvalue weighted by Crippen LogP contribution is 2.26. The quantitative estimate of drug-likeness (QED) is 0.796. The van der Waals surface area contributed by atoms with Crippen molar-refractivity contribution < 1.29 is 13.9 Å². The minimum Gasteiger partial charge on any atom is -0.480 e. The van der Waals surface area contributed by atoms with Crippen LogP contribution in [-0.2, 0) is 4.79 Å². The molecule has 0 saturated heterocycles. The smallest absolute Gasteiger partial charge is 0.261 e. The monoisotopic (exact) mass is 356 g/mol. The summed E-state index contributed by atoms with van der Waals surface area (Å²) in [5, 5.41) is 6.07. The largest absolute Gasteiger partial charge is 0.480 e. The van der Waals surface area contributed by atoms with Crippen LogP contribution in [0.3, 0.4) is 0 Å². The SMILES string of the molecule is CC(Oc1ccc(F)cc1Br)C(=O)NCC1=CCNCC1. The third-order valence-corrected chi connectivity index (χ3v) is 3.83. The molecule has 114 valence electrons. The molecule has 4 nitrogen and oxygen atoms in total. The lowest BCUT2D eigenvalue weighted by atomic mass is 10.1. The highest BCUT2D eigenvalue weighted by molar-refractivity contribution is 9.10. The number of ether oxygens (including phenoxy) is 1. The molecular weight excluding hydrogens is 339 g/mol. The second-order valence-corrected chi connectivity index (χ2v) is 5.72. The summed E-state index contributed by atoms with van der Waals surface area (Å²) in [6.45, 7) is 4.00. The van der Waals surface area contributed by atoms with Gasteiger partial charge >= 0.3 is 0 Å². The summed E-state index contributed by atoms with van der Waals surface area (Å²) in [6, 6.07) is 4.10. The highest BCUT2D eigenvalue weighted by Gasteiger charge is 2.16. The van der Waals surface area contributed by atoms with Gasteiger partial charge in [0.1, 0.15) is 11.6 Å². The van der Waals surface area contributed by atoms with Crippen molar-refractivity contribution in [2.75, 3.05) is 19.6 Å². The Kier molecular flexibility index (Phi) is 5.76. The van der Waals surface area contributed by atoms with Crippen molar-refractivity contribution in [2.45, 2.75) is 19.4 Å². The van der Waals surface area contributed by atoms with Crippen molar-refractivity contribution in [1.82, 2.24) is 10.6 Å². The van der Waals surface area contributed by atoms with Crippen LogP contribution in [0.2, 0.25) is 0 Å². The van der Waals surface area contributed by atoms with Gasteiger partial charge in [0.25, 0.3) is 5.91 Å². The molecule has 1 aromatic carbocycles. The molecule has 1 atom stereocenters. The minimum absolute atomic E-state index is 0.189. The molecule has 1 aliphatic heterocycles. The van der Waals surface area contributed by atoms with E-state index in [1.165, 1.54) is 23.8 Å². The van der Waals surface area contributed by atoms with Crippen molar-refractivity contribution in [3.8, 4) is 5.75 Å². The van der Waals surface area contributed by atoms with E-state index in [-0.39, 0.29) is 11.7 Å². The molecule has 1 amide bonds. The van der Waals surface area contributed by atoms with Crippen molar-refractivity contribution in [3.63, 3.8) is 0 Å². The molecule has 0 aromatic heterocycles. The molecule has 1 unspecified atom stereocenters. The topological polar surface area (TPSA) is 50.4 Å². The lowest BCUT2D eigenvalue weighted by Crippen LogP contribution is -2.38. The number of carbonyl (C=O) groups excluding carboxylic acids is 1. The molecule has 1 aliphatic rings. The minimum atomic E-state index is -0.644. The molecule has 0 saturated carbocycles. The van der Waals surface area contributed by atoms with E-state index in [1.54, 1.807) is 6.92 Å². The van der Waals surface area contributed by atoms with Crippen LogP contribution in [0.15, 0.2) is 34.3 Å². The van der Waals surface area contributed by atoms with Gasteiger partial charge in [-0.3, -0.25) is 4.79 Å². The van der Waals surface area contributed by atoms with Gasteiger partial charge in [0.05, 0.1) is 4.47 Å². The predicted molar refractivity (Wildman–Crippen MR) is 82.8 cm³/mol. The van der Waals surface area contributed by atoms with E-state index in [0.29, 0.717) is 16.8 Å². The summed E-state index contributed by atoms with van der Waals surface area (Å²) in [5.74, 6) is -0.102. The maximum Gasteiger partial charge on any atom is 0.261 e. The molecule has 2 N–H and O–H groups in total. The lowest BCUT2D eigenvalue weighted by molar-refractivity contribution is -0.127. The Labute approximate surface area is 131 Å². The van der Waals surface area contributed by atoms with Gasteiger partial charge in [-0.1, -0.05) is 11.6 Å². The zero-order valence-electron chi connectivity index (χ0n) is 11.8. The first-order valence-electron chi connectivity index (χ1n) is 6.84. The van der Waals surface area contributed by atoms with E-state index in [2.05, 4.69) is 32.6 Å². The van der Waals surface area contributed by atoms with Crippen molar-refractivity contribution >= 4 is 21.8 Å². The molecule has 0 radical (unpaired) electrons. The summed E-state index contributed by atoms with van der Waals surface area (Å²) in [7, 11) is 0. The van der Waals surface area contributed by atoms with E-state index in [9.17, 15) is 9.18 Å². The summed E-state index contributed by atoms with van der Waals surface area (Å²) in [4.78, 5) is 12.0. The van der Waals surface area contributed by atoms with Crippen molar-refractivity contribution in [3.05, 3.63) is 40.1 Å². The van der Waals surface area contributed by atoms with Crippen LogP contribution in [-0.4, -0.2) is 31.6 Å². The molecule has 0 spiro atoms. The summed E-state index contributed by atoms with van der Waals surface area (Å²) in [6.07, 6.45) is 2.39. The van der Waals surface area contributed by atoms with Gasteiger partial charge in [0.15, 0.2) is 6.10 Å². The Morgan fingerprint density at radius 3 is 3.05 bits per heavy atom. The lowest BCUT2D eigenvalue weighted by Gasteiger charge is -2.18. The first-order chi connectivity index (χ1) is 10.1. The standard InChI is InChI=1S/C15H18BrFN2O2/c1-10(21-14-3-2-12(17)8-13(14)16)15(20)19-9-11-4-6-18-7-5-11/h2-4,8,10,18H,5-7,9H2,1H3,(H,19,20). The first-order valence-corrected chi connectivity index (χ1v) is 7.63. The number of hydrogen-bond acceptors (Lipinski definition) is 3. The fourth-order valence-corrected chi connectivity index (χ4v) is 2.43. The molecule has 21 heavy (non-hydrogen) atoms. The van der Waals surface area contributed by atoms with Gasteiger partial charge < -0.3 is 15.4 Å². The molecule has 0 fully saturated rings. The van der Waals surface area contributed by atoms with Crippen LogP contribution >= 0.6 is 15.9 Å². The van der Waals surface area contributed by atoms with E-state index in [4.69, 9.17) is 4.74 Å². The van der Waals surface area contributed by atoms with Crippen molar-refractivity contribution in [2.24, 2.45) is 0 Å². The summed E-state index contributed by atoms with van der Waals surface area (Å²) >= 11 is 3.21. The average molecular weight is 357 g/mol. The molecular formula is C15H18BrFN2O2. The molecule has 1 aromatic rings. The van der Waals surface area contributed by atoms with E-state index in [1.807, 2.05) is 0 Å². The fourth-order valence-electron chi connectivity index (χ4n) is 1.99. The fraction of sp³-hybridized carbons (Fsp3) is 0.400. The van der Waals surface area contributed by atoms with Crippen LogP contribution in [0, 0.1) is 5.82 Å². The molecule has 0 bridgehead atoms. The average Bonchev–Trinajstić information content (AvgIpc) is 2.48. The van der Waals surface area contributed by atoms with E-state index >= 15 is 0 Å². The molecule has 0 aliphatic carbocycles. The van der Waals surface area contributed by atoms with Crippen LogP contribution in [0.5, 0.6) is 5.75 Å². The number of nitrogens with one attached hydrogen (secondary N) is 2. The summed E-state index contributed by atoms with van der Waals surface area (Å²) in [5.41, 5.74) is 1.22. The van der Waals surface area contributed by atoms with Crippen LogP contribution in [0.25, 0.3) is 0 Å². The summed E-state index contributed by atoms with van der Waals surface area (Å²) < 4.78 is 19.0. The van der Waals surface area contributed by atoms with Crippen LogP contribution in [0.1, 0.15) is 13.3 Å². The number of amides is 1. The van der Waals surface area contributed by atoms with Gasteiger partial charge in [0.2, 0.25) is 0 Å². The Bertz CT molecular complexity index is 548. The highest BCUT2D eigenvalue weighted by atomic mass is 79.9. The first kappa shape index (κ1) is 16.0. The third kappa shape index (κ3) is 4.82. The van der Waals surface area contributed by atoms with Gasteiger partial charge in [0, 0.05) is 13.1 Å². The number of carbonyl (C=O) groups is 1. The zero-order valence-corrected chi connectivity index (χ0v) is 13.4. The number of hydrogen-bond donors (Lipinski definition) is 2. The van der Waals surface area contributed by atoms with Gasteiger partial charge in [-0.05, 0) is 54.0 Å². The van der Waals surface area contributed by atoms with Crippen LogP contribution < -0.4 is 15.4 Å². The Hall–Kier alpha value is -1.40. The maximum absolute atomic E-state index is 13.0. The molecule has 6 heteroatoms. The Morgan fingerprint density at radius 2 is 2.38 bits per heavy atom. The maximum atomic E-state index is 13.0. The van der Waals surface area contributed by atoms with Crippen molar-refractivity contribution in [1.29, 1.82) is 0 Å².